The van der Waals surface area contributed by atoms with Gasteiger partial charge in [0, 0.05) is 17.1 Å². The van der Waals surface area contributed by atoms with Crippen LogP contribution in [0.2, 0.25) is 0 Å². The molecule has 11 aromatic rings. The average molecular weight is 894 g/mol. The summed E-state index contributed by atoms with van der Waals surface area (Å²) in [5, 5.41) is 5.64. The van der Waals surface area contributed by atoms with E-state index >= 15 is 0 Å². The second-order valence-electron chi connectivity index (χ2n) is 18.3. The van der Waals surface area contributed by atoms with E-state index in [9.17, 15) is 0 Å². The molecule has 1 aliphatic heterocycles. The highest BCUT2D eigenvalue weighted by atomic mass is 28.3. The van der Waals surface area contributed by atoms with E-state index in [0.717, 1.165) is 17.1 Å². The number of hydrogen-bond acceptors (Lipinski definition) is 1. The first-order chi connectivity index (χ1) is 34.2. The Morgan fingerprint density at radius 3 is 1.29 bits per heavy atom. The Morgan fingerprint density at radius 1 is 0.261 bits per heavy atom. The van der Waals surface area contributed by atoms with Crippen molar-refractivity contribution in [3.8, 4) is 44.5 Å². The summed E-state index contributed by atoms with van der Waals surface area (Å²) in [6, 6.07) is 106. The predicted molar refractivity (Wildman–Crippen MR) is 292 cm³/mol. The Bertz CT molecular complexity index is 3560. The standard InChI is InChI=1S/C67H47NSi/c1-5-20-48(21-6-1)49-36-41-54(42-37-49)68(56-26-19-29-58(47-56)69(57-27-11-4-12-28-57)65-34-17-14-31-61(65)62-32-15-18-35-66(62)69)55-43-38-50(39-44-55)51-40-45-60-59-30-13-16-33-63(59)67(64(60)46-51,52-22-7-2-8-23-52)53-24-9-3-10-25-53/h1-47H. The van der Waals surface area contributed by atoms with Gasteiger partial charge in [0.1, 0.15) is 0 Å². The number of benzene rings is 11. The number of fused-ring (bicyclic) bond motifs is 6. The molecule has 0 saturated carbocycles. The minimum atomic E-state index is -2.73. The molecule has 0 saturated heterocycles. The lowest BCUT2D eigenvalue weighted by Gasteiger charge is -2.34. The van der Waals surface area contributed by atoms with Gasteiger partial charge in [-0.05, 0) is 130 Å². The Labute approximate surface area is 405 Å². The molecule has 0 atom stereocenters. The molecule has 0 aromatic heterocycles. The molecular weight excluding hydrogens is 847 g/mol. The van der Waals surface area contributed by atoms with Gasteiger partial charge in [0.25, 0.3) is 0 Å². The third-order valence-electron chi connectivity index (χ3n) is 14.8. The topological polar surface area (TPSA) is 3.24 Å². The highest BCUT2D eigenvalue weighted by Crippen LogP contribution is 2.56. The minimum absolute atomic E-state index is 0.459. The molecule has 324 valence electrons. The monoisotopic (exact) mass is 893 g/mol. The van der Waals surface area contributed by atoms with Crippen LogP contribution in [-0.4, -0.2) is 8.07 Å². The maximum atomic E-state index is 2.49. The van der Waals surface area contributed by atoms with Crippen LogP contribution >= 0.6 is 0 Å². The van der Waals surface area contributed by atoms with E-state index in [0.29, 0.717) is 0 Å². The van der Waals surface area contributed by atoms with Gasteiger partial charge in [0.15, 0.2) is 8.07 Å². The van der Waals surface area contributed by atoms with E-state index < -0.39 is 13.5 Å². The Balaban J connectivity index is 0.964. The van der Waals surface area contributed by atoms with Gasteiger partial charge in [-0.3, -0.25) is 0 Å². The Kier molecular flexibility index (Phi) is 9.81. The number of hydrogen-bond donors (Lipinski definition) is 0. The Morgan fingerprint density at radius 2 is 0.696 bits per heavy atom. The maximum Gasteiger partial charge on any atom is 0.180 e. The summed E-state index contributed by atoms with van der Waals surface area (Å²) in [4.78, 5) is 2.44. The van der Waals surface area contributed by atoms with Crippen LogP contribution in [0.3, 0.4) is 0 Å². The van der Waals surface area contributed by atoms with Gasteiger partial charge in [-0.2, -0.15) is 0 Å². The summed E-state index contributed by atoms with van der Waals surface area (Å²) in [6.45, 7) is 0. The molecule has 1 nitrogen and oxygen atoms in total. The average Bonchev–Trinajstić information content (AvgIpc) is 3.91. The molecule has 0 N–H and O–H groups in total. The summed E-state index contributed by atoms with van der Waals surface area (Å²) in [6.07, 6.45) is 0. The van der Waals surface area contributed by atoms with Gasteiger partial charge in [0.2, 0.25) is 0 Å². The van der Waals surface area contributed by atoms with E-state index in [1.807, 2.05) is 0 Å². The SMILES string of the molecule is c1ccc(-c2ccc(N(c3ccc(-c4ccc5c(c4)C(c4ccccc4)(c4ccccc4)c4ccccc4-5)cc3)c3cccc([Si]4(c5ccccc5)c5ccccc5-c5ccccc54)c3)cc2)cc1. The van der Waals surface area contributed by atoms with Crippen molar-refractivity contribution in [2.75, 3.05) is 4.90 Å². The van der Waals surface area contributed by atoms with Crippen molar-refractivity contribution in [1.29, 1.82) is 0 Å². The van der Waals surface area contributed by atoms with Crippen LogP contribution in [0.25, 0.3) is 44.5 Å². The van der Waals surface area contributed by atoms with E-state index in [2.05, 4.69) is 290 Å². The van der Waals surface area contributed by atoms with Crippen molar-refractivity contribution >= 4 is 45.9 Å². The van der Waals surface area contributed by atoms with Crippen molar-refractivity contribution in [2.45, 2.75) is 5.41 Å². The molecule has 13 rings (SSSR count). The molecule has 0 fully saturated rings. The lowest BCUT2D eigenvalue weighted by atomic mass is 9.67. The first kappa shape index (κ1) is 40.7. The zero-order chi connectivity index (χ0) is 45.8. The van der Waals surface area contributed by atoms with E-state index in [1.165, 1.54) is 87.5 Å². The first-order valence-corrected chi connectivity index (χ1v) is 26.0. The fourth-order valence-electron chi connectivity index (χ4n) is 11.9. The molecule has 2 aliphatic rings. The lowest BCUT2D eigenvalue weighted by Crippen LogP contribution is -2.72. The summed E-state index contributed by atoms with van der Waals surface area (Å²) in [7, 11) is -2.73. The largest absolute Gasteiger partial charge is 0.311 e. The van der Waals surface area contributed by atoms with Gasteiger partial charge >= 0.3 is 0 Å². The fraction of sp³-hybridized carbons (Fsp3) is 0.0149. The van der Waals surface area contributed by atoms with Gasteiger partial charge in [-0.1, -0.05) is 243 Å². The maximum absolute atomic E-state index is 2.73. The second-order valence-corrected chi connectivity index (χ2v) is 22.1. The van der Waals surface area contributed by atoms with Gasteiger partial charge in [0.05, 0.1) is 5.41 Å². The summed E-state index contributed by atoms with van der Waals surface area (Å²) >= 11 is 0. The summed E-state index contributed by atoms with van der Waals surface area (Å²) in [5.74, 6) is 0. The zero-order valence-electron chi connectivity index (χ0n) is 38.1. The van der Waals surface area contributed by atoms with Crippen LogP contribution in [0.4, 0.5) is 17.1 Å². The van der Waals surface area contributed by atoms with Gasteiger partial charge < -0.3 is 4.90 Å². The van der Waals surface area contributed by atoms with E-state index in [4.69, 9.17) is 0 Å². The van der Waals surface area contributed by atoms with Crippen molar-refractivity contribution in [3.05, 3.63) is 307 Å². The molecule has 11 aromatic carbocycles. The van der Waals surface area contributed by atoms with Crippen LogP contribution in [0.15, 0.2) is 285 Å². The van der Waals surface area contributed by atoms with Gasteiger partial charge in [-0.25, -0.2) is 0 Å². The third-order valence-corrected chi connectivity index (χ3v) is 19.7. The fourth-order valence-corrected chi connectivity index (χ4v) is 17.1. The highest BCUT2D eigenvalue weighted by molar-refractivity contribution is 7.22. The molecule has 0 radical (unpaired) electrons. The van der Waals surface area contributed by atoms with Crippen LogP contribution < -0.4 is 25.6 Å². The number of anilines is 3. The van der Waals surface area contributed by atoms with E-state index in [-0.39, 0.29) is 0 Å². The smallest absolute Gasteiger partial charge is 0.180 e. The minimum Gasteiger partial charge on any atom is -0.311 e. The molecule has 2 heteroatoms. The quantitative estimate of drug-likeness (QED) is 0.131. The molecule has 0 amide bonds. The Hall–Kier alpha value is -8.56. The molecule has 1 heterocycles. The molecule has 0 spiro atoms. The van der Waals surface area contributed by atoms with Gasteiger partial charge in [-0.15, -0.1) is 0 Å². The van der Waals surface area contributed by atoms with E-state index in [1.54, 1.807) is 0 Å². The first-order valence-electron chi connectivity index (χ1n) is 24.0. The molecule has 0 bridgehead atoms. The molecule has 69 heavy (non-hydrogen) atoms. The number of nitrogens with zero attached hydrogens (tertiary/aromatic N) is 1. The van der Waals surface area contributed by atoms with Crippen molar-refractivity contribution < 1.29 is 0 Å². The van der Waals surface area contributed by atoms with Crippen LogP contribution in [-0.2, 0) is 5.41 Å². The van der Waals surface area contributed by atoms with Crippen LogP contribution in [0.1, 0.15) is 22.3 Å². The van der Waals surface area contributed by atoms with Crippen LogP contribution in [0.5, 0.6) is 0 Å². The molecule has 1 aliphatic carbocycles. The normalized spacial score (nSPS) is 13.4. The highest BCUT2D eigenvalue weighted by Gasteiger charge is 2.49. The molecule has 0 unspecified atom stereocenters. The third kappa shape index (κ3) is 6.37. The number of rotatable bonds is 9. The predicted octanol–water partition coefficient (Wildman–Crippen LogP) is 14.2. The summed E-state index contributed by atoms with van der Waals surface area (Å²) in [5.41, 5.74) is 18.1. The van der Waals surface area contributed by atoms with Crippen molar-refractivity contribution in [2.24, 2.45) is 0 Å². The lowest BCUT2D eigenvalue weighted by molar-refractivity contribution is 0.769. The zero-order valence-corrected chi connectivity index (χ0v) is 39.1. The van der Waals surface area contributed by atoms with Crippen LogP contribution in [0, 0.1) is 0 Å². The second kappa shape index (κ2) is 16.6. The summed E-state index contributed by atoms with van der Waals surface area (Å²) < 4.78 is 0. The van der Waals surface area contributed by atoms with Crippen molar-refractivity contribution in [1.82, 2.24) is 0 Å². The molecular formula is C67H47NSi. The van der Waals surface area contributed by atoms with Crippen molar-refractivity contribution in [3.63, 3.8) is 0 Å².